The monoisotopic (exact) mass is 186 g/mol. The summed E-state index contributed by atoms with van der Waals surface area (Å²) in [5.74, 6) is 5.77. The van der Waals surface area contributed by atoms with Crippen LogP contribution >= 0.6 is 0 Å². The lowest BCUT2D eigenvalue weighted by Gasteiger charge is -1.89. The highest BCUT2D eigenvalue weighted by molar-refractivity contribution is 5.38. The molecule has 0 saturated heterocycles. The third-order valence-electron chi connectivity index (χ3n) is 1.56. The summed E-state index contributed by atoms with van der Waals surface area (Å²) in [6.45, 7) is 0.158. The number of pyridine rings is 1. The minimum atomic E-state index is 0.158. The molecule has 1 rings (SSSR count). The average Bonchev–Trinajstić information content (AvgIpc) is 2.25. The molecule has 0 saturated carbocycles. The lowest BCUT2D eigenvalue weighted by molar-refractivity contribution is 0.290. The Labute approximate surface area is 83.0 Å². The van der Waals surface area contributed by atoms with Crippen molar-refractivity contribution < 1.29 is 5.11 Å². The molecule has 1 aromatic heterocycles. The summed E-state index contributed by atoms with van der Waals surface area (Å²) in [7, 11) is 0. The first-order valence-electron chi connectivity index (χ1n) is 4.31. The number of nitrogens with zero attached hydrogens (tertiary/aromatic N) is 2. The van der Waals surface area contributed by atoms with Crippen LogP contribution in [-0.4, -0.2) is 16.7 Å². The fourth-order valence-corrected chi connectivity index (χ4v) is 0.901. The van der Waals surface area contributed by atoms with Crippen molar-refractivity contribution in [1.29, 1.82) is 5.26 Å². The molecule has 70 valence electrons. The molecule has 0 unspecified atom stereocenters. The van der Waals surface area contributed by atoms with Gasteiger partial charge in [-0.25, -0.2) is 0 Å². The van der Waals surface area contributed by atoms with Crippen molar-refractivity contribution in [3.63, 3.8) is 0 Å². The standard InChI is InChI=1S/C11H10N2O/c12-7-11-6-10(8-13-9-11)4-2-1-3-5-14/h6,8-9,14H,1,3,5H2. The summed E-state index contributed by atoms with van der Waals surface area (Å²) >= 11 is 0. The summed E-state index contributed by atoms with van der Waals surface area (Å²) in [5, 5.41) is 17.1. The molecule has 0 bridgehead atoms. The van der Waals surface area contributed by atoms with Crippen molar-refractivity contribution in [1.82, 2.24) is 4.98 Å². The maximum absolute atomic E-state index is 8.60. The quantitative estimate of drug-likeness (QED) is 0.555. The highest BCUT2D eigenvalue weighted by Crippen LogP contribution is 1.99. The molecule has 0 aliphatic carbocycles. The van der Waals surface area contributed by atoms with Crippen LogP contribution in [0.3, 0.4) is 0 Å². The Kier molecular flexibility index (Phi) is 4.20. The molecule has 0 radical (unpaired) electrons. The molecule has 0 aliphatic rings. The van der Waals surface area contributed by atoms with Crippen LogP contribution in [0.25, 0.3) is 0 Å². The minimum Gasteiger partial charge on any atom is -0.396 e. The second-order valence-electron chi connectivity index (χ2n) is 2.70. The van der Waals surface area contributed by atoms with E-state index in [4.69, 9.17) is 10.4 Å². The molecule has 1 N–H and O–H groups in total. The lowest BCUT2D eigenvalue weighted by Crippen LogP contribution is -1.82. The van der Waals surface area contributed by atoms with Gasteiger partial charge in [0.05, 0.1) is 5.56 Å². The molecular weight excluding hydrogens is 176 g/mol. The highest BCUT2D eigenvalue weighted by Gasteiger charge is 1.91. The van der Waals surface area contributed by atoms with Gasteiger partial charge in [-0.15, -0.1) is 0 Å². The molecule has 3 nitrogen and oxygen atoms in total. The Hall–Kier alpha value is -1.84. The van der Waals surface area contributed by atoms with E-state index in [1.165, 1.54) is 6.20 Å². The van der Waals surface area contributed by atoms with Crippen LogP contribution in [-0.2, 0) is 0 Å². The van der Waals surface area contributed by atoms with Crippen molar-refractivity contribution in [3.8, 4) is 17.9 Å². The second kappa shape index (κ2) is 5.75. The molecular formula is C11H10N2O. The third kappa shape index (κ3) is 3.26. The van der Waals surface area contributed by atoms with E-state index >= 15 is 0 Å². The fourth-order valence-electron chi connectivity index (χ4n) is 0.901. The molecule has 1 heterocycles. The van der Waals surface area contributed by atoms with E-state index in [9.17, 15) is 0 Å². The summed E-state index contributed by atoms with van der Waals surface area (Å²) in [5.41, 5.74) is 1.25. The Balaban J connectivity index is 2.66. The zero-order valence-electron chi connectivity index (χ0n) is 7.70. The number of rotatable bonds is 2. The summed E-state index contributed by atoms with van der Waals surface area (Å²) in [6.07, 6.45) is 4.46. The largest absolute Gasteiger partial charge is 0.396 e. The van der Waals surface area contributed by atoms with Crippen molar-refractivity contribution >= 4 is 0 Å². The van der Waals surface area contributed by atoms with Crippen LogP contribution in [0, 0.1) is 23.2 Å². The van der Waals surface area contributed by atoms with Crippen molar-refractivity contribution in [3.05, 3.63) is 29.6 Å². The zero-order chi connectivity index (χ0) is 10.2. The van der Waals surface area contributed by atoms with E-state index in [-0.39, 0.29) is 6.61 Å². The van der Waals surface area contributed by atoms with Crippen LogP contribution in [0.15, 0.2) is 18.5 Å². The molecule has 0 aliphatic heterocycles. The van der Waals surface area contributed by atoms with Gasteiger partial charge < -0.3 is 5.11 Å². The number of aromatic nitrogens is 1. The first-order valence-corrected chi connectivity index (χ1v) is 4.31. The van der Waals surface area contributed by atoms with Crippen molar-refractivity contribution in [2.45, 2.75) is 12.8 Å². The highest BCUT2D eigenvalue weighted by atomic mass is 16.2. The second-order valence-corrected chi connectivity index (χ2v) is 2.70. The van der Waals surface area contributed by atoms with E-state index in [0.29, 0.717) is 18.4 Å². The van der Waals surface area contributed by atoms with Crippen molar-refractivity contribution in [2.75, 3.05) is 6.61 Å². The minimum absolute atomic E-state index is 0.158. The number of nitriles is 1. The molecule has 0 atom stereocenters. The molecule has 0 spiro atoms. The summed E-state index contributed by atoms with van der Waals surface area (Å²) < 4.78 is 0. The van der Waals surface area contributed by atoms with Gasteiger partial charge in [-0.2, -0.15) is 5.26 Å². The maximum Gasteiger partial charge on any atom is 0.101 e. The van der Waals surface area contributed by atoms with Gasteiger partial charge in [-0.3, -0.25) is 4.98 Å². The topological polar surface area (TPSA) is 56.9 Å². The number of unbranched alkanes of at least 4 members (excludes halogenated alkanes) is 1. The zero-order valence-corrected chi connectivity index (χ0v) is 7.70. The maximum atomic E-state index is 8.60. The molecule has 0 fully saturated rings. The van der Waals surface area contributed by atoms with Crippen LogP contribution in [0.1, 0.15) is 24.0 Å². The van der Waals surface area contributed by atoms with E-state index in [2.05, 4.69) is 16.8 Å². The van der Waals surface area contributed by atoms with Gasteiger partial charge in [0.1, 0.15) is 6.07 Å². The first-order chi connectivity index (χ1) is 6.86. The Morgan fingerprint density at radius 3 is 2.86 bits per heavy atom. The summed E-state index contributed by atoms with van der Waals surface area (Å²) in [6, 6.07) is 3.69. The Morgan fingerprint density at radius 1 is 1.36 bits per heavy atom. The van der Waals surface area contributed by atoms with E-state index in [1.54, 1.807) is 12.3 Å². The Morgan fingerprint density at radius 2 is 2.14 bits per heavy atom. The number of hydrogen-bond acceptors (Lipinski definition) is 3. The van der Waals surface area contributed by atoms with Gasteiger partial charge in [0.2, 0.25) is 0 Å². The van der Waals surface area contributed by atoms with Crippen LogP contribution in [0.4, 0.5) is 0 Å². The average molecular weight is 186 g/mol. The van der Waals surface area contributed by atoms with Gasteiger partial charge in [-0.05, 0) is 12.5 Å². The normalized spacial score (nSPS) is 8.57. The van der Waals surface area contributed by atoms with Gasteiger partial charge in [-0.1, -0.05) is 11.8 Å². The summed E-state index contributed by atoms with van der Waals surface area (Å²) in [4.78, 5) is 3.88. The number of aliphatic hydroxyl groups excluding tert-OH is 1. The van der Waals surface area contributed by atoms with Gasteiger partial charge in [0, 0.05) is 31.0 Å². The molecule has 3 heteroatoms. The lowest BCUT2D eigenvalue weighted by atomic mass is 10.2. The Bertz CT molecular complexity index is 396. The van der Waals surface area contributed by atoms with Crippen LogP contribution < -0.4 is 0 Å². The van der Waals surface area contributed by atoms with Crippen molar-refractivity contribution in [2.24, 2.45) is 0 Å². The smallest absolute Gasteiger partial charge is 0.101 e. The van der Waals surface area contributed by atoms with E-state index in [1.807, 2.05) is 6.07 Å². The molecule has 0 amide bonds. The van der Waals surface area contributed by atoms with Gasteiger partial charge in [0.15, 0.2) is 0 Å². The molecule has 1 aromatic rings. The first kappa shape index (κ1) is 10.2. The predicted molar refractivity (Wildman–Crippen MR) is 52.1 cm³/mol. The van der Waals surface area contributed by atoms with E-state index in [0.717, 1.165) is 5.56 Å². The molecule has 14 heavy (non-hydrogen) atoms. The van der Waals surface area contributed by atoms with Crippen LogP contribution in [0.5, 0.6) is 0 Å². The van der Waals surface area contributed by atoms with E-state index < -0.39 is 0 Å². The predicted octanol–water partition coefficient (Wildman–Crippen LogP) is 1.08. The number of aliphatic hydroxyl groups is 1. The van der Waals surface area contributed by atoms with Crippen LogP contribution in [0.2, 0.25) is 0 Å². The number of hydrogen-bond donors (Lipinski definition) is 1. The van der Waals surface area contributed by atoms with Gasteiger partial charge >= 0.3 is 0 Å². The van der Waals surface area contributed by atoms with Gasteiger partial charge in [0.25, 0.3) is 0 Å². The fraction of sp³-hybridized carbons (Fsp3) is 0.273. The SMILES string of the molecule is N#Cc1cncc(C#CCCCO)c1. The third-order valence-corrected chi connectivity index (χ3v) is 1.56. The molecule has 0 aromatic carbocycles.